The summed E-state index contributed by atoms with van der Waals surface area (Å²) in [5, 5.41) is 13.4. The summed E-state index contributed by atoms with van der Waals surface area (Å²) in [5.41, 5.74) is 0.859. The van der Waals surface area contributed by atoms with E-state index in [4.69, 9.17) is 14.2 Å². The first-order chi connectivity index (χ1) is 16.8. The van der Waals surface area contributed by atoms with E-state index in [1.54, 1.807) is 18.2 Å². The van der Waals surface area contributed by atoms with Crippen LogP contribution >= 0.6 is 0 Å². The lowest BCUT2D eigenvalue weighted by Gasteiger charge is -2.20. The van der Waals surface area contributed by atoms with Crippen LogP contribution in [-0.2, 0) is 14.6 Å². The van der Waals surface area contributed by atoms with Gasteiger partial charge in [0.15, 0.2) is 11.5 Å². The number of nitro benzene ring substituents is 1. The van der Waals surface area contributed by atoms with Crippen LogP contribution in [0.5, 0.6) is 17.2 Å². The Kier molecular flexibility index (Phi) is 6.69. The molecule has 0 fully saturated rings. The molecule has 1 amide bonds. The molecule has 0 spiro atoms. The molecule has 3 aromatic carbocycles. The van der Waals surface area contributed by atoms with Crippen LogP contribution in [0.15, 0.2) is 76.5 Å². The molecule has 0 aliphatic carbocycles. The summed E-state index contributed by atoms with van der Waals surface area (Å²) in [6.07, 6.45) is 2.91. The van der Waals surface area contributed by atoms with Crippen molar-refractivity contribution in [3.05, 3.63) is 82.4 Å². The van der Waals surface area contributed by atoms with Crippen molar-refractivity contribution in [2.75, 3.05) is 25.6 Å². The fourth-order valence-electron chi connectivity index (χ4n) is 3.35. The number of carbonyl (C=O) groups is 1. The van der Waals surface area contributed by atoms with Gasteiger partial charge in [-0.05, 0) is 60.2 Å². The number of amides is 1. The Morgan fingerprint density at radius 1 is 1.03 bits per heavy atom. The van der Waals surface area contributed by atoms with Gasteiger partial charge in [0.1, 0.15) is 13.2 Å². The Labute approximate surface area is 200 Å². The molecule has 3 aromatic rings. The number of nitro groups is 1. The molecule has 11 heteroatoms. The van der Waals surface area contributed by atoms with E-state index in [9.17, 15) is 23.3 Å². The van der Waals surface area contributed by atoms with Crippen LogP contribution in [0.3, 0.4) is 0 Å². The average Bonchev–Trinajstić information content (AvgIpc) is 2.87. The average molecular weight is 496 g/mol. The van der Waals surface area contributed by atoms with Crippen molar-refractivity contribution in [1.29, 1.82) is 0 Å². The van der Waals surface area contributed by atoms with Gasteiger partial charge in [0.05, 0.1) is 21.8 Å². The maximum Gasteiger partial charge on any atom is 0.269 e. The smallest absolute Gasteiger partial charge is 0.269 e. The Morgan fingerprint density at radius 2 is 1.66 bits per heavy atom. The van der Waals surface area contributed by atoms with E-state index in [1.807, 2.05) is 0 Å². The Balaban J connectivity index is 1.44. The lowest BCUT2D eigenvalue weighted by atomic mass is 10.1. The van der Waals surface area contributed by atoms with Gasteiger partial charge in [-0.2, -0.15) is 0 Å². The summed E-state index contributed by atoms with van der Waals surface area (Å²) >= 11 is 0. The maximum atomic E-state index is 12.8. The van der Waals surface area contributed by atoms with Gasteiger partial charge in [-0.25, -0.2) is 8.42 Å². The zero-order valence-electron chi connectivity index (χ0n) is 18.5. The minimum atomic E-state index is -3.87. The number of anilines is 1. The molecule has 0 bridgehead atoms. The van der Waals surface area contributed by atoms with Crippen molar-refractivity contribution < 1.29 is 32.3 Å². The zero-order valence-corrected chi connectivity index (χ0v) is 19.3. The molecule has 180 valence electrons. The monoisotopic (exact) mass is 496 g/mol. The van der Waals surface area contributed by atoms with Gasteiger partial charge in [-0.3, -0.25) is 14.9 Å². The summed E-state index contributed by atoms with van der Waals surface area (Å²) in [4.78, 5) is 22.4. The number of rotatable bonds is 7. The van der Waals surface area contributed by atoms with Crippen molar-refractivity contribution in [2.24, 2.45) is 0 Å². The SMILES string of the molecule is COc1cc(/C=C/C(=O)Nc2ccc(S(=O)(=O)c3ccc([N+](=O)[O-])cc3)cc2)cc2c1OCCO2. The van der Waals surface area contributed by atoms with Gasteiger partial charge in [0.25, 0.3) is 5.69 Å². The lowest BCUT2D eigenvalue weighted by molar-refractivity contribution is -0.384. The lowest BCUT2D eigenvalue weighted by Crippen LogP contribution is -2.16. The second-order valence-electron chi connectivity index (χ2n) is 7.35. The van der Waals surface area contributed by atoms with E-state index >= 15 is 0 Å². The van der Waals surface area contributed by atoms with Crippen LogP contribution in [0.25, 0.3) is 6.08 Å². The van der Waals surface area contributed by atoms with E-state index in [0.29, 0.717) is 41.7 Å². The molecule has 0 saturated carbocycles. The van der Waals surface area contributed by atoms with E-state index in [1.165, 1.54) is 49.6 Å². The number of benzene rings is 3. The predicted octanol–water partition coefficient (Wildman–Crippen LogP) is 3.86. The standard InChI is InChI=1S/C24H20N2O8S/c1-32-21-14-16(15-22-24(21)34-13-12-33-22)2-11-23(27)25-17-3-7-19(8-4-17)35(30,31)20-9-5-18(6-10-20)26(28)29/h2-11,14-15H,12-13H2,1H3,(H,25,27)/b11-2+. The van der Waals surface area contributed by atoms with Crippen molar-refractivity contribution >= 4 is 33.2 Å². The molecule has 0 saturated heterocycles. The minimum absolute atomic E-state index is 0.0109. The van der Waals surface area contributed by atoms with Gasteiger partial charge >= 0.3 is 0 Å². The molecule has 0 atom stereocenters. The van der Waals surface area contributed by atoms with Gasteiger partial charge in [0.2, 0.25) is 21.5 Å². The number of fused-ring (bicyclic) bond motifs is 1. The highest BCUT2D eigenvalue weighted by molar-refractivity contribution is 7.91. The van der Waals surface area contributed by atoms with Crippen molar-refractivity contribution in [2.45, 2.75) is 9.79 Å². The van der Waals surface area contributed by atoms with Gasteiger partial charge in [-0.1, -0.05) is 0 Å². The summed E-state index contributed by atoms with van der Waals surface area (Å²) in [7, 11) is -2.36. The summed E-state index contributed by atoms with van der Waals surface area (Å²) < 4.78 is 42.0. The molecule has 0 aromatic heterocycles. The Bertz CT molecular complexity index is 1380. The third-order valence-corrected chi connectivity index (χ3v) is 6.85. The van der Waals surface area contributed by atoms with Crippen LogP contribution in [-0.4, -0.2) is 39.6 Å². The number of carbonyl (C=O) groups excluding carboxylic acids is 1. The largest absolute Gasteiger partial charge is 0.493 e. The van der Waals surface area contributed by atoms with Gasteiger partial charge in [-0.15, -0.1) is 0 Å². The molecular formula is C24H20N2O8S. The van der Waals surface area contributed by atoms with E-state index in [-0.39, 0.29) is 15.5 Å². The van der Waals surface area contributed by atoms with Crippen LogP contribution < -0.4 is 19.5 Å². The molecule has 0 radical (unpaired) electrons. The highest BCUT2D eigenvalue weighted by atomic mass is 32.2. The third kappa shape index (κ3) is 5.25. The number of non-ortho nitro benzene ring substituents is 1. The third-order valence-electron chi connectivity index (χ3n) is 5.07. The van der Waals surface area contributed by atoms with Gasteiger partial charge < -0.3 is 19.5 Å². The molecular weight excluding hydrogens is 476 g/mol. The van der Waals surface area contributed by atoms with Crippen molar-refractivity contribution in [3.63, 3.8) is 0 Å². The fourth-order valence-corrected chi connectivity index (χ4v) is 4.61. The van der Waals surface area contributed by atoms with E-state index in [0.717, 1.165) is 12.1 Å². The highest BCUT2D eigenvalue weighted by Crippen LogP contribution is 2.40. The number of ether oxygens (including phenoxy) is 3. The Morgan fingerprint density at radius 3 is 2.29 bits per heavy atom. The molecule has 0 unspecified atom stereocenters. The zero-order chi connectivity index (χ0) is 25.0. The number of nitrogens with one attached hydrogen (secondary N) is 1. The van der Waals surface area contributed by atoms with Crippen LogP contribution in [0, 0.1) is 10.1 Å². The first kappa shape index (κ1) is 23.8. The molecule has 35 heavy (non-hydrogen) atoms. The number of hydrogen-bond acceptors (Lipinski definition) is 8. The van der Waals surface area contributed by atoms with E-state index < -0.39 is 20.7 Å². The normalized spacial score (nSPS) is 12.8. The van der Waals surface area contributed by atoms with Crippen LogP contribution in [0.1, 0.15) is 5.56 Å². The second-order valence-corrected chi connectivity index (χ2v) is 9.30. The predicted molar refractivity (Wildman–Crippen MR) is 127 cm³/mol. The first-order valence-corrected chi connectivity index (χ1v) is 11.8. The van der Waals surface area contributed by atoms with Crippen LogP contribution in [0.4, 0.5) is 11.4 Å². The molecule has 1 aliphatic rings. The molecule has 1 heterocycles. The number of nitrogens with zero attached hydrogens (tertiary/aromatic N) is 1. The quantitative estimate of drug-likeness (QED) is 0.296. The van der Waals surface area contributed by atoms with Gasteiger partial charge in [0, 0.05) is 23.9 Å². The Hall–Kier alpha value is -4.38. The summed E-state index contributed by atoms with van der Waals surface area (Å²) in [5.74, 6) is 1.11. The number of sulfone groups is 1. The molecule has 1 aliphatic heterocycles. The summed E-state index contributed by atoms with van der Waals surface area (Å²) in [6.45, 7) is 0.842. The van der Waals surface area contributed by atoms with Crippen LogP contribution in [0.2, 0.25) is 0 Å². The topological polar surface area (TPSA) is 134 Å². The molecule has 4 rings (SSSR count). The molecule has 10 nitrogen and oxygen atoms in total. The first-order valence-electron chi connectivity index (χ1n) is 10.3. The van der Waals surface area contributed by atoms with E-state index in [2.05, 4.69) is 5.32 Å². The maximum absolute atomic E-state index is 12.8. The van der Waals surface area contributed by atoms with Crippen molar-refractivity contribution in [1.82, 2.24) is 0 Å². The fraction of sp³-hybridized carbons (Fsp3) is 0.125. The second kappa shape index (κ2) is 9.85. The van der Waals surface area contributed by atoms with Crippen molar-refractivity contribution in [3.8, 4) is 17.2 Å². The number of hydrogen-bond donors (Lipinski definition) is 1. The molecule has 1 N–H and O–H groups in total. The number of methoxy groups -OCH3 is 1. The highest BCUT2D eigenvalue weighted by Gasteiger charge is 2.19. The minimum Gasteiger partial charge on any atom is -0.493 e. The summed E-state index contributed by atoms with van der Waals surface area (Å²) in [6, 6.07) is 13.7.